The van der Waals surface area contributed by atoms with E-state index in [1.54, 1.807) is 0 Å². The standard InChI is InChI=1S/C10H15NS.ClH/c1-10(5-3-6-11-10)8-9-4-2-7-12-9;/h2,4,7,11H,3,5-6,8H2,1H3;1H. The molecular weight excluding hydrogens is 202 g/mol. The van der Waals surface area contributed by atoms with Crippen molar-refractivity contribution in [2.45, 2.75) is 31.7 Å². The third-order valence-corrected chi connectivity index (χ3v) is 3.48. The fraction of sp³-hybridized carbons (Fsp3) is 0.600. The van der Waals surface area contributed by atoms with E-state index in [2.05, 4.69) is 29.8 Å². The van der Waals surface area contributed by atoms with Crippen LogP contribution < -0.4 is 5.32 Å². The maximum atomic E-state index is 3.58. The second-order valence-corrected chi connectivity index (χ2v) is 4.88. The first-order valence-corrected chi connectivity index (χ1v) is 5.44. The third-order valence-electron chi connectivity index (χ3n) is 2.60. The zero-order valence-electron chi connectivity index (χ0n) is 7.88. The highest BCUT2D eigenvalue weighted by Gasteiger charge is 2.28. The van der Waals surface area contributed by atoms with Crippen LogP contribution in [0.4, 0.5) is 0 Å². The molecule has 1 fully saturated rings. The molecule has 1 aromatic rings. The lowest BCUT2D eigenvalue weighted by Crippen LogP contribution is -2.38. The van der Waals surface area contributed by atoms with E-state index in [1.165, 1.54) is 30.7 Å². The normalized spacial score (nSPS) is 27.2. The molecule has 1 aliphatic heterocycles. The molecule has 0 spiro atoms. The lowest BCUT2D eigenvalue weighted by Gasteiger charge is -2.23. The summed E-state index contributed by atoms with van der Waals surface area (Å²) in [6.45, 7) is 3.53. The van der Waals surface area contributed by atoms with Crippen molar-refractivity contribution in [2.24, 2.45) is 0 Å². The van der Waals surface area contributed by atoms with Crippen LogP contribution in [0.3, 0.4) is 0 Å². The minimum absolute atomic E-state index is 0. The van der Waals surface area contributed by atoms with Gasteiger partial charge in [0.15, 0.2) is 0 Å². The minimum atomic E-state index is 0. The molecule has 13 heavy (non-hydrogen) atoms. The summed E-state index contributed by atoms with van der Waals surface area (Å²) in [6.07, 6.45) is 3.86. The van der Waals surface area contributed by atoms with E-state index in [9.17, 15) is 0 Å². The second kappa shape index (κ2) is 4.45. The summed E-state index contributed by atoms with van der Waals surface area (Å²) in [5.41, 5.74) is 0.380. The summed E-state index contributed by atoms with van der Waals surface area (Å²) in [5.74, 6) is 0. The van der Waals surface area contributed by atoms with Gasteiger partial charge in [0.05, 0.1) is 0 Å². The molecule has 1 aliphatic rings. The number of hydrogen-bond acceptors (Lipinski definition) is 2. The summed E-state index contributed by atoms with van der Waals surface area (Å²) >= 11 is 1.87. The van der Waals surface area contributed by atoms with Crippen LogP contribution in [-0.2, 0) is 6.42 Å². The highest BCUT2D eigenvalue weighted by atomic mass is 35.5. The number of halogens is 1. The number of thiophene rings is 1. The molecule has 0 amide bonds. The second-order valence-electron chi connectivity index (χ2n) is 3.85. The average molecular weight is 218 g/mol. The summed E-state index contributed by atoms with van der Waals surface area (Å²) in [4.78, 5) is 1.51. The smallest absolute Gasteiger partial charge is 0.0201 e. The van der Waals surface area contributed by atoms with Crippen LogP contribution in [-0.4, -0.2) is 12.1 Å². The van der Waals surface area contributed by atoms with Crippen LogP contribution in [0.2, 0.25) is 0 Å². The van der Waals surface area contributed by atoms with Gasteiger partial charge in [-0.05, 0) is 44.2 Å². The Balaban J connectivity index is 0.000000845. The van der Waals surface area contributed by atoms with Crippen molar-refractivity contribution in [3.63, 3.8) is 0 Å². The largest absolute Gasteiger partial charge is 0.311 e. The number of hydrogen-bond donors (Lipinski definition) is 1. The van der Waals surface area contributed by atoms with Crippen LogP contribution in [0.1, 0.15) is 24.6 Å². The molecule has 2 rings (SSSR count). The van der Waals surface area contributed by atoms with Crippen LogP contribution in [0.5, 0.6) is 0 Å². The topological polar surface area (TPSA) is 12.0 Å². The third kappa shape index (κ3) is 2.70. The Labute approximate surface area is 90.0 Å². The monoisotopic (exact) mass is 217 g/mol. The van der Waals surface area contributed by atoms with Crippen molar-refractivity contribution in [3.8, 4) is 0 Å². The van der Waals surface area contributed by atoms with Gasteiger partial charge in [0.2, 0.25) is 0 Å². The molecule has 1 N–H and O–H groups in total. The van der Waals surface area contributed by atoms with Gasteiger partial charge >= 0.3 is 0 Å². The first-order chi connectivity index (χ1) is 5.79. The molecule has 74 valence electrons. The molecule has 1 saturated heterocycles. The molecule has 3 heteroatoms. The van der Waals surface area contributed by atoms with Gasteiger partial charge in [0.25, 0.3) is 0 Å². The fourth-order valence-corrected chi connectivity index (χ4v) is 2.80. The van der Waals surface area contributed by atoms with Gasteiger partial charge in [0, 0.05) is 10.4 Å². The van der Waals surface area contributed by atoms with Gasteiger partial charge in [-0.15, -0.1) is 23.7 Å². The Kier molecular flexibility index (Phi) is 3.77. The Morgan fingerprint density at radius 2 is 2.46 bits per heavy atom. The van der Waals surface area contributed by atoms with E-state index in [0.29, 0.717) is 5.54 Å². The van der Waals surface area contributed by atoms with Gasteiger partial charge < -0.3 is 5.32 Å². The molecule has 0 aromatic carbocycles. The Morgan fingerprint density at radius 3 is 3.00 bits per heavy atom. The van der Waals surface area contributed by atoms with Crippen LogP contribution in [0, 0.1) is 0 Å². The molecular formula is C10H16ClNS. The lowest BCUT2D eigenvalue weighted by molar-refractivity contribution is 0.415. The first-order valence-electron chi connectivity index (χ1n) is 4.56. The van der Waals surface area contributed by atoms with Crippen molar-refractivity contribution in [3.05, 3.63) is 22.4 Å². The molecule has 2 heterocycles. The van der Waals surface area contributed by atoms with Gasteiger partial charge in [-0.2, -0.15) is 0 Å². The molecule has 1 aromatic heterocycles. The minimum Gasteiger partial charge on any atom is -0.311 e. The average Bonchev–Trinajstić information content (AvgIpc) is 2.62. The van der Waals surface area contributed by atoms with Crippen LogP contribution in [0.25, 0.3) is 0 Å². The molecule has 1 unspecified atom stereocenters. The van der Waals surface area contributed by atoms with E-state index in [4.69, 9.17) is 0 Å². The summed E-state index contributed by atoms with van der Waals surface area (Å²) in [7, 11) is 0. The summed E-state index contributed by atoms with van der Waals surface area (Å²) in [5, 5.41) is 5.74. The summed E-state index contributed by atoms with van der Waals surface area (Å²) < 4.78 is 0. The molecule has 0 saturated carbocycles. The molecule has 0 aliphatic carbocycles. The van der Waals surface area contributed by atoms with Gasteiger partial charge in [-0.1, -0.05) is 6.07 Å². The van der Waals surface area contributed by atoms with Crippen molar-refractivity contribution in [2.75, 3.05) is 6.54 Å². The highest BCUT2D eigenvalue weighted by molar-refractivity contribution is 7.09. The van der Waals surface area contributed by atoms with E-state index in [-0.39, 0.29) is 12.4 Å². The highest BCUT2D eigenvalue weighted by Crippen LogP contribution is 2.25. The zero-order chi connectivity index (χ0) is 8.44. The number of rotatable bonds is 2. The predicted octanol–water partition coefficient (Wildman–Crippen LogP) is 2.85. The van der Waals surface area contributed by atoms with Crippen molar-refractivity contribution in [1.29, 1.82) is 0 Å². The quantitative estimate of drug-likeness (QED) is 0.804. The number of nitrogens with one attached hydrogen (secondary N) is 1. The van der Waals surface area contributed by atoms with Crippen molar-refractivity contribution in [1.82, 2.24) is 5.32 Å². The van der Waals surface area contributed by atoms with Gasteiger partial charge in [0.1, 0.15) is 0 Å². The van der Waals surface area contributed by atoms with E-state index in [1.807, 2.05) is 11.3 Å². The zero-order valence-corrected chi connectivity index (χ0v) is 9.51. The maximum Gasteiger partial charge on any atom is 0.0201 e. The Bertz CT molecular complexity index is 239. The predicted molar refractivity (Wildman–Crippen MR) is 60.9 cm³/mol. The van der Waals surface area contributed by atoms with E-state index < -0.39 is 0 Å². The maximum absolute atomic E-state index is 3.58. The SMILES string of the molecule is CC1(Cc2cccs2)CCCN1.Cl. The Morgan fingerprint density at radius 1 is 1.62 bits per heavy atom. The molecule has 0 radical (unpaired) electrons. The molecule has 1 nitrogen and oxygen atoms in total. The Hall–Kier alpha value is -0.0500. The molecule has 0 bridgehead atoms. The van der Waals surface area contributed by atoms with Crippen molar-refractivity contribution >= 4 is 23.7 Å². The molecule has 1 atom stereocenters. The van der Waals surface area contributed by atoms with E-state index in [0.717, 1.165) is 0 Å². The first kappa shape index (κ1) is 11.0. The summed E-state index contributed by atoms with van der Waals surface area (Å²) in [6, 6.07) is 4.37. The van der Waals surface area contributed by atoms with Gasteiger partial charge in [-0.3, -0.25) is 0 Å². The van der Waals surface area contributed by atoms with Crippen molar-refractivity contribution < 1.29 is 0 Å². The van der Waals surface area contributed by atoms with Crippen LogP contribution in [0.15, 0.2) is 17.5 Å². The van der Waals surface area contributed by atoms with E-state index >= 15 is 0 Å². The fourth-order valence-electron chi connectivity index (χ4n) is 1.91. The lowest BCUT2D eigenvalue weighted by atomic mass is 9.95. The van der Waals surface area contributed by atoms with Gasteiger partial charge in [-0.25, -0.2) is 0 Å². The van der Waals surface area contributed by atoms with Crippen LogP contribution >= 0.6 is 23.7 Å².